The number of aromatic hydroxyl groups is 8. The van der Waals surface area contributed by atoms with Crippen LogP contribution < -0.4 is 0 Å². The predicted molar refractivity (Wildman–Crippen MR) is 140 cm³/mol. The van der Waals surface area contributed by atoms with Gasteiger partial charge in [-0.15, -0.1) is 0 Å². The molecule has 0 aromatic heterocycles. The first-order valence-electron chi connectivity index (χ1n) is 9.07. The lowest BCUT2D eigenvalue weighted by molar-refractivity contribution is 0.449. The molecular weight excluding hydrogens is 480 g/mol. The Morgan fingerprint density at radius 3 is 0.441 bits per heavy atom. The minimum atomic E-state index is 0. The van der Waals surface area contributed by atoms with E-state index in [1.54, 1.807) is 24.3 Å². The van der Waals surface area contributed by atoms with E-state index < -0.39 is 0 Å². The summed E-state index contributed by atoms with van der Waals surface area (Å²) in [4.78, 5) is 0. The number of benzene rings is 4. The van der Waals surface area contributed by atoms with Crippen molar-refractivity contribution in [2.24, 2.45) is 0 Å². The molecule has 10 heteroatoms. The van der Waals surface area contributed by atoms with Crippen LogP contribution in [0.1, 0.15) is 0 Å². The second-order valence-corrected chi connectivity index (χ2v) is 6.08. The maximum absolute atomic E-state index is 8.65. The van der Waals surface area contributed by atoms with Gasteiger partial charge in [0.2, 0.25) is 0 Å². The molecule has 34 heavy (non-hydrogen) atoms. The van der Waals surface area contributed by atoms with Gasteiger partial charge in [-0.2, -0.15) is 27.0 Å². The molecule has 4 rings (SSSR count). The van der Waals surface area contributed by atoms with Crippen molar-refractivity contribution in [1.82, 2.24) is 0 Å². The summed E-state index contributed by atoms with van der Waals surface area (Å²) in [5, 5.41) is 69.2. The Kier molecular flexibility index (Phi) is 16.6. The number of phenolic OH excluding ortho intramolecular Hbond substituents is 8. The van der Waals surface area contributed by atoms with Crippen LogP contribution in [0.3, 0.4) is 0 Å². The van der Waals surface area contributed by atoms with E-state index in [-0.39, 0.29) is 73.0 Å². The maximum atomic E-state index is 8.65. The van der Waals surface area contributed by atoms with Crippen LogP contribution in [-0.2, 0) is 0 Å². The molecule has 0 radical (unpaired) electrons. The number of hydrogen-bond acceptors (Lipinski definition) is 8. The number of phenols is 8. The molecule has 0 saturated carbocycles. The van der Waals surface area contributed by atoms with Crippen molar-refractivity contribution in [3.63, 3.8) is 0 Å². The highest BCUT2D eigenvalue weighted by molar-refractivity contribution is 7.59. The third-order valence-corrected chi connectivity index (χ3v) is 3.32. The van der Waals surface area contributed by atoms with E-state index in [1.165, 1.54) is 72.8 Å². The number of hydrogen-bond donors (Lipinski definition) is 8. The third kappa shape index (κ3) is 15.7. The molecule has 184 valence electrons. The van der Waals surface area contributed by atoms with E-state index in [0.717, 1.165) is 0 Å². The summed E-state index contributed by atoms with van der Waals surface area (Å²) in [7, 11) is 0. The molecular formula is C24H28O8S2. The van der Waals surface area contributed by atoms with Gasteiger partial charge in [-0.25, -0.2) is 0 Å². The van der Waals surface area contributed by atoms with Crippen molar-refractivity contribution < 1.29 is 40.9 Å². The molecule has 0 aliphatic carbocycles. The van der Waals surface area contributed by atoms with Crippen LogP contribution >= 0.6 is 27.0 Å². The van der Waals surface area contributed by atoms with Gasteiger partial charge in [-0.05, 0) is 48.5 Å². The Hall–Kier alpha value is -4.02. The van der Waals surface area contributed by atoms with Crippen LogP contribution in [0.25, 0.3) is 0 Å². The minimum absolute atomic E-state index is 0. The molecule has 4 aromatic rings. The fourth-order valence-electron chi connectivity index (χ4n) is 1.97. The first-order valence-corrected chi connectivity index (χ1v) is 9.07. The Morgan fingerprint density at radius 1 is 0.265 bits per heavy atom. The largest absolute Gasteiger partial charge is 0.508 e. The van der Waals surface area contributed by atoms with Crippen molar-refractivity contribution >= 4 is 27.0 Å². The lowest BCUT2D eigenvalue weighted by Crippen LogP contribution is -1.61. The van der Waals surface area contributed by atoms with Gasteiger partial charge in [0.15, 0.2) is 0 Å². The second kappa shape index (κ2) is 17.5. The van der Waals surface area contributed by atoms with Gasteiger partial charge in [-0.1, -0.05) is 24.3 Å². The molecule has 0 saturated heterocycles. The van der Waals surface area contributed by atoms with Crippen LogP contribution in [0.5, 0.6) is 46.0 Å². The quantitative estimate of drug-likeness (QED) is 0.171. The zero-order chi connectivity index (χ0) is 23.9. The lowest BCUT2D eigenvalue weighted by Gasteiger charge is -1.89. The zero-order valence-electron chi connectivity index (χ0n) is 17.8. The van der Waals surface area contributed by atoms with Gasteiger partial charge in [-0.3, -0.25) is 0 Å². The average molecular weight is 509 g/mol. The van der Waals surface area contributed by atoms with E-state index in [0.29, 0.717) is 0 Å². The molecule has 8 nitrogen and oxygen atoms in total. The van der Waals surface area contributed by atoms with Crippen LogP contribution in [0.15, 0.2) is 97.1 Å². The Labute approximate surface area is 210 Å². The van der Waals surface area contributed by atoms with E-state index in [1.807, 2.05) is 0 Å². The molecule has 0 atom stereocenters. The Morgan fingerprint density at radius 2 is 0.382 bits per heavy atom. The highest BCUT2D eigenvalue weighted by Gasteiger charge is 1.87. The molecule has 0 aliphatic heterocycles. The van der Waals surface area contributed by atoms with Crippen LogP contribution in [0.4, 0.5) is 0 Å². The molecule has 0 fully saturated rings. The van der Waals surface area contributed by atoms with Crippen molar-refractivity contribution in [3.8, 4) is 46.0 Å². The fraction of sp³-hybridized carbons (Fsp3) is 0. The molecule has 0 aliphatic rings. The first kappa shape index (κ1) is 32.2. The average Bonchev–Trinajstić information content (AvgIpc) is 2.69. The summed E-state index contributed by atoms with van der Waals surface area (Å²) >= 11 is 0. The highest BCUT2D eigenvalue weighted by Crippen LogP contribution is 2.16. The molecule has 0 amide bonds. The first-order chi connectivity index (χ1) is 15.2. The maximum Gasteiger partial charge on any atom is 0.119 e. The standard InChI is InChI=1S/4C6H6O2.2H2S/c4*7-5-2-1-3-6(8)4-5;;/h4*1-4,7-8H;2*1H2. The molecule has 0 bridgehead atoms. The monoisotopic (exact) mass is 508 g/mol. The summed E-state index contributed by atoms with van der Waals surface area (Å²) in [6.07, 6.45) is 0. The lowest BCUT2D eigenvalue weighted by atomic mass is 10.3. The van der Waals surface area contributed by atoms with E-state index in [9.17, 15) is 0 Å². The topological polar surface area (TPSA) is 162 Å². The van der Waals surface area contributed by atoms with Gasteiger partial charge in [0, 0.05) is 24.3 Å². The molecule has 4 aromatic carbocycles. The van der Waals surface area contributed by atoms with Crippen molar-refractivity contribution in [1.29, 1.82) is 0 Å². The van der Waals surface area contributed by atoms with E-state index >= 15 is 0 Å². The van der Waals surface area contributed by atoms with Gasteiger partial charge >= 0.3 is 0 Å². The minimum Gasteiger partial charge on any atom is -0.508 e. The van der Waals surface area contributed by atoms with E-state index in [2.05, 4.69) is 0 Å². The number of rotatable bonds is 0. The molecule has 0 spiro atoms. The summed E-state index contributed by atoms with van der Waals surface area (Å²) in [5.74, 6) is 0.704. The zero-order valence-corrected chi connectivity index (χ0v) is 19.8. The molecule has 0 unspecified atom stereocenters. The Bertz CT molecular complexity index is 851. The normalized spacial score (nSPS) is 8.47. The summed E-state index contributed by atoms with van der Waals surface area (Å²) < 4.78 is 0. The third-order valence-electron chi connectivity index (χ3n) is 3.32. The van der Waals surface area contributed by atoms with Crippen LogP contribution in [0, 0.1) is 0 Å². The second-order valence-electron chi connectivity index (χ2n) is 6.08. The summed E-state index contributed by atoms with van der Waals surface area (Å²) in [6, 6.07) is 23.4. The van der Waals surface area contributed by atoms with Crippen molar-refractivity contribution in [2.75, 3.05) is 0 Å². The van der Waals surface area contributed by atoms with Crippen LogP contribution in [0.2, 0.25) is 0 Å². The van der Waals surface area contributed by atoms with Gasteiger partial charge in [0.05, 0.1) is 0 Å². The van der Waals surface area contributed by atoms with Gasteiger partial charge < -0.3 is 40.9 Å². The summed E-state index contributed by atoms with van der Waals surface area (Å²) in [5.41, 5.74) is 0. The highest BCUT2D eigenvalue weighted by atomic mass is 32.1. The fourth-order valence-corrected chi connectivity index (χ4v) is 1.97. The van der Waals surface area contributed by atoms with Gasteiger partial charge in [0.25, 0.3) is 0 Å². The van der Waals surface area contributed by atoms with Crippen molar-refractivity contribution in [2.45, 2.75) is 0 Å². The predicted octanol–water partition coefficient (Wildman–Crippen LogP) is 4.62. The smallest absolute Gasteiger partial charge is 0.119 e. The molecule has 0 heterocycles. The van der Waals surface area contributed by atoms with Gasteiger partial charge in [0.1, 0.15) is 46.0 Å². The summed E-state index contributed by atoms with van der Waals surface area (Å²) in [6.45, 7) is 0. The Balaban J connectivity index is 0. The van der Waals surface area contributed by atoms with Crippen LogP contribution in [-0.4, -0.2) is 40.9 Å². The van der Waals surface area contributed by atoms with E-state index in [4.69, 9.17) is 40.9 Å². The SMILES string of the molecule is Oc1cccc(O)c1.Oc1cccc(O)c1.Oc1cccc(O)c1.Oc1cccc(O)c1.S.S. The molecule has 8 N–H and O–H groups in total. The van der Waals surface area contributed by atoms with Crippen molar-refractivity contribution in [3.05, 3.63) is 97.1 Å².